The van der Waals surface area contributed by atoms with Crippen LogP contribution >= 0.6 is 0 Å². The third-order valence-corrected chi connectivity index (χ3v) is 1.96. The van der Waals surface area contributed by atoms with Crippen LogP contribution in [0.25, 0.3) is 0 Å². The molecule has 0 spiro atoms. The second-order valence-electron chi connectivity index (χ2n) is 3.07. The van der Waals surface area contributed by atoms with Crippen molar-refractivity contribution in [1.82, 2.24) is 0 Å². The molecule has 1 rings (SSSR count). The van der Waals surface area contributed by atoms with E-state index in [0.717, 1.165) is 5.56 Å². The second kappa shape index (κ2) is 4.17. The van der Waals surface area contributed by atoms with Crippen molar-refractivity contribution >= 4 is 5.69 Å². The molecule has 0 radical (unpaired) electrons. The van der Waals surface area contributed by atoms with Crippen LogP contribution in [0.2, 0.25) is 0 Å². The van der Waals surface area contributed by atoms with E-state index in [9.17, 15) is 15.2 Å². The van der Waals surface area contributed by atoms with Gasteiger partial charge in [-0.3, -0.25) is 10.1 Å². The minimum atomic E-state index is -0.977. The molecule has 0 saturated heterocycles. The topological polar surface area (TPSA) is 89.4 Å². The molecular formula is C9H12N2O3. The number of aryl methyl sites for hydroxylation is 1. The van der Waals surface area contributed by atoms with Gasteiger partial charge in [-0.1, -0.05) is 11.6 Å². The molecule has 76 valence electrons. The fourth-order valence-electron chi connectivity index (χ4n) is 1.23. The SMILES string of the molecule is Cc1ccc([N+](=O)[O-])c([C@@H](O)CN)c1. The van der Waals surface area contributed by atoms with Crippen LogP contribution in [0, 0.1) is 17.0 Å². The highest BCUT2D eigenvalue weighted by Crippen LogP contribution is 2.25. The summed E-state index contributed by atoms with van der Waals surface area (Å²) in [4.78, 5) is 10.1. The van der Waals surface area contributed by atoms with Gasteiger partial charge in [-0.25, -0.2) is 0 Å². The van der Waals surface area contributed by atoms with Crippen molar-refractivity contribution in [1.29, 1.82) is 0 Å². The van der Waals surface area contributed by atoms with Crippen LogP contribution in [0.3, 0.4) is 0 Å². The smallest absolute Gasteiger partial charge is 0.275 e. The Kier molecular flexibility index (Phi) is 3.16. The van der Waals surface area contributed by atoms with Crippen LogP contribution in [0.1, 0.15) is 17.2 Å². The average Bonchev–Trinajstić information content (AvgIpc) is 2.16. The number of nitrogens with two attached hydrogens (primary N) is 1. The van der Waals surface area contributed by atoms with E-state index >= 15 is 0 Å². The molecule has 0 aliphatic carbocycles. The fraction of sp³-hybridized carbons (Fsp3) is 0.333. The number of aliphatic hydroxyl groups is 1. The minimum absolute atomic E-state index is 0.0235. The van der Waals surface area contributed by atoms with E-state index in [2.05, 4.69) is 0 Å². The Balaban J connectivity index is 3.22. The Morgan fingerprint density at radius 2 is 2.29 bits per heavy atom. The normalized spacial score (nSPS) is 12.5. The maximum absolute atomic E-state index is 10.6. The summed E-state index contributed by atoms with van der Waals surface area (Å²) in [5.74, 6) is 0. The van der Waals surface area contributed by atoms with E-state index in [-0.39, 0.29) is 17.8 Å². The van der Waals surface area contributed by atoms with Gasteiger partial charge < -0.3 is 10.8 Å². The van der Waals surface area contributed by atoms with Gasteiger partial charge in [-0.05, 0) is 13.0 Å². The molecule has 0 saturated carbocycles. The van der Waals surface area contributed by atoms with Crippen LogP contribution < -0.4 is 5.73 Å². The first-order valence-electron chi connectivity index (χ1n) is 4.19. The van der Waals surface area contributed by atoms with Crippen LogP contribution in [0.15, 0.2) is 18.2 Å². The Morgan fingerprint density at radius 1 is 1.64 bits per heavy atom. The van der Waals surface area contributed by atoms with Crippen molar-refractivity contribution in [2.45, 2.75) is 13.0 Å². The third-order valence-electron chi connectivity index (χ3n) is 1.96. The molecular weight excluding hydrogens is 184 g/mol. The Hall–Kier alpha value is -1.46. The largest absolute Gasteiger partial charge is 0.387 e. The summed E-state index contributed by atoms with van der Waals surface area (Å²) < 4.78 is 0. The molecule has 0 bridgehead atoms. The number of nitrogens with zero attached hydrogens (tertiary/aromatic N) is 1. The van der Waals surface area contributed by atoms with Crippen molar-refractivity contribution in [3.63, 3.8) is 0 Å². The van der Waals surface area contributed by atoms with Crippen molar-refractivity contribution in [3.05, 3.63) is 39.4 Å². The molecule has 0 fully saturated rings. The van der Waals surface area contributed by atoms with Gasteiger partial charge in [0, 0.05) is 12.6 Å². The van der Waals surface area contributed by atoms with Gasteiger partial charge in [0.25, 0.3) is 5.69 Å². The fourth-order valence-corrected chi connectivity index (χ4v) is 1.23. The standard InChI is InChI=1S/C9H12N2O3/c1-6-2-3-8(11(13)14)7(4-6)9(12)5-10/h2-4,9,12H,5,10H2,1H3/t9-/m0/s1. The predicted octanol–water partition coefficient (Wildman–Crippen LogP) is 0.895. The molecule has 1 aromatic carbocycles. The Morgan fingerprint density at radius 3 is 2.79 bits per heavy atom. The van der Waals surface area contributed by atoms with Crippen molar-refractivity contribution in [2.24, 2.45) is 5.73 Å². The molecule has 0 aliphatic rings. The Bertz CT molecular complexity index is 352. The molecule has 5 heteroatoms. The number of nitro benzene ring substituents is 1. The van der Waals surface area contributed by atoms with Crippen molar-refractivity contribution < 1.29 is 10.0 Å². The van der Waals surface area contributed by atoms with Gasteiger partial charge in [0.15, 0.2) is 0 Å². The molecule has 0 aromatic heterocycles. The first kappa shape index (κ1) is 10.6. The van der Waals surface area contributed by atoms with Crippen LogP contribution in [-0.2, 0) is 0 Å². The van der Waals surface area contributed by atoms with Crippen molar-refractivity contribution in [3.8, 4) is 0 Å². The van der Waals surface area contributed by atoms with E-state index in [1.54, 1.807) is 19.1 Å². The molecule has 1 aromatic rings. The maximum Gasteiger partial charge on any atom is 0.275 e. The van der Waals surface area contributed by atoms with Crippen LogP contribution in [0.4, 0.5) is 5.69 Å². The van der Waals surface area contributed by atoms with E-state index in [1.807, 2.05) is 0 Å². The highest BCUT2D eigenvalue weighted by atomic mass is 16.6. The molecule has 5 nitrogen and oxygen atoms in total. The zero-order valence-electron chi connectivity index (χ0n) is 7.80. The quantitative estimate of drug-likeness (QED) is 0.555. The summed E-state index contributed by atoms with van der Waals surface area (Å²) >= 11 is 0. The van der Waals surface area contributed by atoms with Crippen LogP contribution in [0.5, 0.6) is 0 Å². The van der Waals surface area contributed by atoms with E-state index in [0.29, 0.717) is 0 Å². The summed E-state index contributed by atoms with van der Waals surface area (Å²) in [5.41, 5.74) is 6.30. The number of nitro groups is 1. The summed E-state index contributed by atoms with van der Waals surface area (Å²) in [6.07, 6.45) is -0.977. The predicted molar refractivity (Wildman–Crippen MR) is 51.8 cm³/mol. The van der Waals surface area contributed by atoms with Crippen LogP contribution in [-0.4, -0.2) is 16.6 Å². The third kappa shape index (κ3) is 2.07. The lowest BCUT2D eigenvalue weighted by atomic mass is 10.0. The highest BCUT2D eigenvalue weighted by molar-refractivity contribution is 5.44. The Labute approximate surface area is 81.3 Å². The molecule has 3 N–H and O–H groups in total. The number of hydrogen-bond acceptors (Lipinski definition) is 4. The zero-order valence-corrected chi connectivity index (χ0v) is 7.80. The number of rotatable bonds is 3. The van der Waals surface area contributed by atoms with E-state index in [4.69, 9.17) is 5.73 Å². The highest BCUT2D eigenvalue weighted by Gasteiger charge is 2.18. The lowest BCUT2D eigenvalue weighted by molar-refractivity contribution is -0.386. The summed E-state index contributed by atoms with van der Waals surface area (Å²) in [6.45, 7) is 1.78. The number of hydrogen-bond donors (Lipinski definition) is 2. The zero-order chi connectivity index (χ0) is 10.7. The van der Waals surface area contributed by atoms with Crippen molar-refractivity contribution in [2.75, 3.05) is 6.54 Å². The lowest BCUT2D eigenvalue weighted by Crippen LogP contribution is -2.13. The van der Waals surface area contributed by atoms with E-state index < -0.39 is 11.0 Å². The number of aliphatic hydroxyl groups excluding tert-OH is 1. The molecule has 14 heavy (non-hydrogen) atoms. The van der Waals surface area contributed by atoms with Gasteiger partial charge >= 0.3 is 0 Å². The molecule has 0 heterocycles. The maximum atomic E-state index is 10.6. The molecule has 0 amide bonds. The molecule has 1 atom stereocenters. The average molecular weight is 196 g/mol. The summed E-state index contributed by atoms with van der Waals surface area (Å²) in [7, 11) is 0. The van der Waals surface area contributed by atoms with Gasteiger partial charge in [0.05, 0.1) is 16.6 Å². The summed E-state index contributed by atoms with van der Waals surface area (Å²) in [5, 5.41) is 20.1. The monoisotopic (exact) mass is 196 g/mol. The summed E-state index contributed by atoms with van der Waals surface area (Å²) in [6, 6.07) is 4.59. The minimum Gasteiger partial charge on any atom is -0.387 e. The van der Waals surface area contributed by atoms with Gasteiger partial charge in [0.2, 0.25) is 0 Å². The second-order valence-corrected chi connectivity index (χ2v) is 3.07. The molecule has 0 aliphatic heterocycles. The lowest BCUT2D eigenvalue weighted by Gasteiger charge is -2.09. The molecule has 0 unspecified atom stereocenters. The number of benzene rings is 1. The van der Waals surface area contributed by atoms with Gasteiger partial charge in [0.1, 0.15) is 0 Å². The first-order chi connectivity index (χ1) is 6.56. The first-order valence-corrected chi connectivity index (χ1v) is 4.19. The van der Waals surface area contributed by atoms with E-state index in [1.165, 1.54) is 6.07 Å². The van der Waals surface area contributed by atoms with Gasteiger partial charge in [-0.15, -0.1) is 0 Å². The van der Waals surface area contributed by atoms with Gasteiger partial charge in [-0.2, -0.15) is 0 Å².